The molecule has 168 valence electrons. The highest BCUT2D eigenvalue weighted by molar-refractivity contribution is 5.97. The van der Waals surface area contributed by atoms with Gasteiger partial charge in [0.15, 0.2) is 0 Å². The Labute approximate surface area is 185 Å². The fourth-order valence-electron chi connectivity index (χ4n) is 5.01. The lowest BCUT2D eigenvalue weighted by Gasteiger charge is -2.48. The van der Waals surface area contributed by atoms with Gasteiger partial charge in [0.1, 0.15) is 5.82 Å². The summed E-state index contributed by atoms with van der Waals surface area (Å²) >= 11 is 0. The molecule has 0 unspecified atom stereocenters. The van der Waals surface area contributed by atoms with Gasteiger partial charge in [0.2, 0.25) is 0 Å². The van der Waals surface area contributed by atoms with Crippen LogP contribution in [0.5, 0.6) is 0 Å². The van der Waals surface area contributed by atoms with Crippen LogP contribution in [0.2, 0.25) is 0 Å². The van der Waals surface area contributed by atoms with E-state index >= 15 is 0 Å². The van der Waals surface area contributed by atoms with Crippen molar-refractivity contribution in [2.75, 3.05) is 31.6 Å². The lowest BCUT2D eigenvalue weighted by atomic mass is 9.78. The quantitative estimate of drug-likeness (QED) is 0.546. The number of pyridine rings is 1. The molecule has 0 radical (unpaired) electrons. The summed E-state index contributed by atoms with van der Waals surface area (Å²) in [6.45, 7) is 6.66. The van der Waals surface area contributed by atoms with E-state index in [1.54, 1.807) is 6.07 Å². The fourth-order valence-corrected chi connectivity index (χ4v) is 5.01. The summed E-state index contributed by atoms with van der Waals surface area (Å²) in [7, 11) is 0. The van der Waals surface area contributed by atoms with Gasteiger partial charge in [-0.3, -0.25) is 4.90 Å². The molecule has 2 aromatic carbocycles. The molecule has 0 aliphatic carbocycles. The van der Waals surface area contributed by atoms with E-state index in [0.29, 0.717) is 16.9 Å². The molecule has 0 bridgehead atoms. The lowest BCUT2D eigenvalue weighted by Crippen LogP contribution is -2.53. The number of ether oxygens (including phenoxy) is 1. The minimum atomic E-state index is -4.38. The minimum Gasteiger partial charge on any atom is -0.380 e. The average Bonchev–Trinajstić information content (AvgIpc) is 2.74. The number of fused-ring (bicyclic) bond motifs is 1. The van der Waals surface area contributed by atoms with Gasteiger partial charge in [-0.1, -0.05) is 24.3 Å². The number of anilines is 2. The van der Waals surface area contributed by atoms with Gasteiger partial charge in [0.05, 0.1) is 18.8 Å². The molecule has 2 aliphatic heterocycles. The van der Waals surface area contributed by atoms with Crippen molar-refractivity contribution in [3.63, 3.8) is 0 Å². The van der Waals surface area contributed by atoms with Crippen LogP contribution >= 0.6 is 0 Å². The van der Waals surface area contributed by atoms with Crippen molar-refractivity contribution >= 4 is 22.3 Å². The highest BCUT2D eigenvalue weighted by Gasteiger charge is 2.42. The first-order valence-electron chi connectivity index (χ1n) is 10.9. The zero-order chi connectivity index (χ0) is 22.3. The second-order valence-corrected chi connectivity index (χ2v) is 9.14. The number of likely N-dealkylation sites (tertiary alicyclic amines) is 1. The van der Waals surface area contributed by atoms with Crippen molar-refractivity contribution in [3.05, 3.63) is 65.4 Å². The normalized spacial score (nSPS) is 18.6. The van der Waals surface area contributed by atoms with Crippen LogP contribution in [0.1, 0.15) is 29.5 Å². The number of hydrogen-bond acceptors (Lipinski definition) is 4. The van der Waals surface area contributed by atoms with E-state index in [9.17, 15) is 13.2 Å². The summed E-state index contributed by atoms with van der Waals surface area (Å²) in [4.78, 5) is 7.11. The molecular formula is C25H26F3N3O. The SMILES string of the molecule is Cc1cccc2c(Nc3cccc(C(F)(F)F)c3)ncc(CN3CCCC4(COC4)C3)c12. The van der Waals surface area contributed by atoms with Crippen molar-refractivity contribution in [3.8, 4) is 0 Å². The summed E-state index contributed by atoms with van der Waals surface area (Å²) < 4.78 is 44.8. The van der Waals surface area contributed by atoms with Gasteiger partial charge >= 0.3 is 6.18 Å². The minimum absolute atomic E-state index is 0.307. The Morgan fingerprint density at radius 1 is 1.16 bits per heavy atom. The van der Waals surface area contributed by atoms with Crippen LogP contribution in [0.3, 0.4) is 0 Å². The largest absolute Gasteiger partial charge is 0.416 e. The van der Waals surface area contributed by atoms with Crippen molar-refractivity contribution < 1.29 is 17.9 Å². The molecule has 0 atom stereocenters. The number of nitrogens with zero attached hydrogens (tertiary/aromatic N) is 2. The molecule has 1 aromatic heterocycles. The van der Waals surface area contributed by atoms with E-state index in [2.05, 4.69) is 28.2 Å². The summed E-state index contributed by atoms with van der Waals surface area (Å²) in [5, 5.41) is 5.14. The van der Waals surface area contributed by atoms with Crippen LogP contribution in [0.4, 0.5) is 24.7 Å². The van der Waals surface area contributed by atoms with E-state index in [4.69, 9.17) is 4.74 Å². The van der Waals surface area contributed by atoms with Gasteiger partial charge in [-0.15, -0.1) is 0 Å². The zero-order valence-electron chi connectivity index (χ0n) is 18.0. The smallest absolute Gasteiger partial charge is 0.380 e. The maximum absolute atomic E-state index is 13.1. The maximum atomic E-state index is 13.1. The zero-order valence-corrected chi connectivity index (χ0v) is 18.0. The van der Waals surface area contributed by atoms with Gasteiger partial charge in [-0.25, -0.2) is 4.98 Å². The Balaban J connectivity index is 1.46. The van der Waals surface area contributed by atoms with Crippen LogP contribution in [-0.2, 0) is 17.5 Å². The first-order valence-corrected chi connectivity index (χ1v) is 10.9. The van der Waals surface area contributed by atoms with Gasteiger partial charge in [-0.05, 0) is 61.0 Å². The Morgan fingerprint density at radius 3 is 2.72 bits per heavy atom. The Morgan fingerprint density at radius 2 is 1.97 bits per heavy atom. The Bertz CT molecular complexity index is 1140. The highest BCUT2D eigenvalue weighted by Crippen LogP contribution is 2.38. The number of rotatable bonds is 4. The number of benzene rings is 2. The van der Waals surface area contributed by atoms with Gasteiger partial charge in [-0.2, -0.15) is 13.2 Å². The summed E-state index contributed by atoms with van der Waals surface area (Å²) in [6, 6.07) is 11.2. The molecule has 0 amide bonds. The molecule has 3 heterocycles. The van der Waals surface area contributed by atoms with E-state index in [-0.39, 0.29) is 0 Å². The predicted octanol–water partition coefficient (Wildman–Crippen LogP) is 5.92. The van der Waals surface area contributed by atoms with Crippen molar-refractivity contribution in [1.29, 1.82) is 0 Å². The highest BCUT2D eigenvalue weighted by atomic mass is 19.4. The molecule has 0 saturated carbocycles. The van der Waals surface area contributed by atoms with E-state index in [0.717, 1.165) is 66.9 Å². The number of piperidine rings is 1. The molecule has 2 fully saturated rings. The molecular weight excluding hydrogens is 415 g/mol. The van der Waals surface area contributed by atoms with Crippen molar-refractivity contribution in [1.82, 2.24) is 9.88 Å². The number of aryl methyl sites for hydroxylation is 1. The molecule has 2 saturated heterocycles. The molecule has 7 heteroatoms. The molecule has 5 rings (SSSR count). The molecule has 3 aromatic rings. The van der Waals surface area contributed by atoms with Crippen LogP contribution in [-0.4, -0.2) is 36.2 Å². The van der Waals surface area contributed by atoms with Crippen molar-refractivity contribution in [2.24, 2.45) is 5.41 Å². The van der Waals surface area contributed by atoms with Crippen LogP contribution in [0, 0.1) is 12.3 Å². The summed E-state index contributed by atoms with van der Waals surface area (Å²) in [5.41, 5.74) is 2.27. The Hall–Kier alpha value is -2.64. The average molecular weight is 441 g/mol. The standard InChI is InChI=1S/C25H26F3N3O/c1-17-5-2-8-21-22(17)18(13-31-10-4-9-24(14-31)15-32-16-24)12-29-23(21)30-20-7-3-6-19(11-20)25(26,27)28/h2-3,5-8,11-12H,4,9-10,13-16H2,1H3,(H,29,30). The number of hydrogen-bond donors (Lipinski definition) is 1. The third-order valence-corrected chi connectivity index (χ3v) is 6.60. The molecule has 32 heavy (non-hydrogen) atoms. The first-order chi connectivity index (χ1) is 15.3. The number of aromatic nitrogens is 1. The van der Waals surface area contributed by atoms with Crippen LogP contribution in [0.25, 0.3) is 10.8 Å². The third kappa shape index (κ3) is 4.07. The summed E-state index contributed by atoms with van der Waals surface area (Å²) in [5.74, 6) is 0.564. The van der Waals surface area contributed by atoms with E-state index < -0.39 is 11.7 Å². The first kappa shape index (κ1) is 21.2. The summed E-state index contributed by atoms with van der Waals surface area (Å²) in [6.07, 6.45) is -0.126. The fraction of sp³-hybridized carbons (Fsp3) is 0.400. The van der Waals surface area contributed by atoms with E-state index in [1.807, 2.05) is 18.3 Å². The molecule has 4 nitrogen and oxygen atoms in total. The maximum Gasteiger partial charge on any atom is 0.416 e. The number of alkyl halides is 3. The predicted molar refractivity (Wildman–Crippen MR) is 119 cm³/mol. The van der Waals surface area contributed by atoms with Gasteiger partial charge in [0.25, 0.3) is 0 Å². The Kier molecular flexibility index (Phi) is 5.34. The second kappa shape index (κ2) is 8.05. The van der Waals surface area contributed by atoms with Crippen LogP contribution < -0.4 is 5.32 Å². The number of halogens is 3. The van der Waals surface area contributed by atoms with Crippen molar-refractivity contribution in [2.45, 2.75) is 32.5 Å². The van der Waals surface area contributed by atoms with Gasteiger partial charge < -0.3 is 10.1 Å². The third-order valence-electron chi connectivity index (χ3n) is 6.60. The monoisotopic (exact) mass is 441 g/mol. The molecule has 1 N–H and O–H groups in total. The van der Waals surface area contributed by atoms with Gasteiger partial charge in [0, 0.05) is 35.8 Å². The van der Waals surface area contributed by atoms with E-state index in [1.165, 1.54) is 18.9 Å². The lowest BCUT2D eigenvalue weighted by molar-refractivity contribution is -0.144. The second-order valence-electron chi connectivity index (χ2n) is 9.14. The molecule has 1 spiro atoms. The molecule has 2 aliphatic rings. The van der Waals surface area contributed by atoms with Crippen LogP contribution in [0.15, 0.2) is 48.7 Å². The topological polar surface area (TPSA) is 37.4 Å². The number of nitrogens with one attached hydrogen (secondary N) is 1.